The van der Waals surface area contributed by atoms with Crippen molar-refractivity contribution < 1.29 is 4.79 Å². The van der Waals surface area contributed by atoms with Crippen molar-refractivity contribution in [2.75, 3.05) is 5.32 Å². The third-order valence-corrected chi connectivity index (χ3v) is 2.17. The van der Waals surface area contributed by atoms with Crippen LogP contribution in [0.15, 0.2) is 18.6 Å². The Labute approximate surface area is 109 Å². The lowest BCUT2D eigenvalue weighted by molar-refractivity contribution is 0.259. The quantitative estimate of drug-likeness (QED) is 0.780. The first-order chi connectivity index (χ1) is 8.68. The van der Waals surface area contributed by atoms with E-state index in [1.54, 1.807) is 16.6 Å². The highest BCUT2D eigenvalue weighted by Gasteiger charge is 2.07. The minimum Gasteiger partial charge on any atom is -0.351 e. The van der Waals surface area contributed by atoms with Gasteiger partial charge in [0, 0.05) is 6.20 Å². The fraction of sp³-hybridized carbons (Fsp3) is 0.364. The Kier molecular flexibility index (Phi) is 7.63. The third kappa shape index (κ3) is 3.96. The van der Waals surface area contributed by atoms with Crippen LogP contribution >= 0.6 is 9.39 Å². The molecule has 0 aliphatic carbocycles. The summed E-state index contributed by atoms with van der Waals surface area (Å²) in [6.45, 7) is 8.00. The van der Waals surface area contributed by atoms with Crippen LogP contribution in [0, 0.1) is 0 Å². The summed E-state index contributed by atoms with van der Waals surface area (Å²) < 4.78 is 1.75. The van der Waals surface area contributed by atoms with Gasteiger partial charge >= 0.3 is 6.03 Å². The van der Waals surface area contributed by atoms with Gasteiger partial charge in [-0.15, -0.1) is 0 Å². The number of amides is 2. The fourth-order valence-corrected chi connectivity index (χ4v) is 1.48. The average Bonchev–Trinajstić information content (AvgIpc) is 2.77. The minimum atomic E-state index is -0.637. The van der Waals surface area contributed by atoms with Gasteiger partial charge < -0.3 is 10.1 Å². The van der Waals surface area contributed by atoms with Crippen molar-refractivity contribution in [3.8, 4) is 0 Å². The van der Waals surface area contributed by atoms with Gasteiger partial charge in [-0.25, -0.2) is 14.8 Å². The van der Waals surface area contributed by atoms with Crippen LogP contribution in [0.2, 0.25) is 0 Å². The molecule has 1 atom stereocenters. The molecule has 2 aromatic heterocycles. The number of rotatable bonds is 1. The Morgan fingerprint density at radius 1 is 1.33 bits per heavy atom. The number of carbonyl (C=O) groups excluding carboxylic acids is 1. The number of nitrogens with zero attached hydrogens (tertiary/aromatic N) is 3. The first-order valence-electron chi connectivity index (χ1n) is 5.82. The zero-order valence-electron chi connectivity index (χ0n) is 11.1. The van der Waals surface area contributed by atoms with Crippen molar-refractivity contribution in [3.05, 3.63) is 18.6 Å². The Morgan fingerprint density at radius 3 is 2.50 bits per heavy atom. The molecule has 0 radical (unpaired) electrons. The lowest BCUT2D eigenvalue weighted by atomic mass is 10.4. The van der Waals surface area contributed by atoms with Crippen molar-refractivity contribution in [1.82, 2.24) is 14.3 Å². The lowest BCUT2D eigenvalue weighted by Crippen LogP contribution is -2.20. The number of urea groups is 1. The van der Waals surface area contributed by atoms with Gasteiger partial charge in [-0.3, -0.25) is 5.32 Å². The number of hydrogen-bond acceptors (Lipinski definition) is 3. The smallest absolute Gasteiger partial charge is 0.317 e. The van der Waals surface area contributed by atoms with Gasteiger partial charge in [0.25, 0.3) is 0 Å². The molecule has 0 saturated carbocycles. The molecule has 0 spiro atoms. The topological polar surface area (TPSA) is 85.8 Å². The Bertz CT molecular complexity index is 497. The monoisotopic (exact) mass is 269 g/mol. The van der Waals surface area contributed by atoms with Gasteiger partial charge in [0.2, 0.25) is 0 Å². The number of nitrogens with one attached hydrogen (secondary N) is 1. The second-order valence-corrected chi connectivity index (χ2v) is 3.23. The molecule has 0 aromatic carbocycles. The van der Waals surface area contributed by atoms with Crippen LogP contribution in [0.25, 0.3) is 11.0 Å². The summed E-state index contributed by atoms with van der Waals surface area (Å²) in [5, 5.41) is 3.18. The van der Waals surface area contributed by atoms with E-state index in [-0.39, 0.29) is 0 Å². The molecule has 0 aliphatic heterocycles. The molecule has 2 amide bonds. The summed E-state index contributed by atoms with van der Waals surface area (Å²) >= 11 is 0. The van der Waals surface area contributed by atoms with Crippen molar-refractivity contribution in [3.63, 3.8) is 0 Å². The standard InChI is InChI=1S/C7H8N5OP.2C2H6/c8-7(13)11-5-4-1-2-12(14)6(4)10-3-9-5;2*1-2/h1-3H,14H2,(H3,8,9,10,11,13);2*1-2H3. The molecule has 0 aliphatic rings. The van der Waals surface area contributed by atoms with Crippen molar-refractivity contribution in [2.24, 2.45) is 5.73 Å². The molecule has 2 aromatic rings. The molecule has 18 heavy (non-hydrogen) atoms. The van der Waals surface area contributed by atoms with Crippen molar-refractivity contribution >= 4 is 32.3 Å². The summed E-state index contributed by atoms with van der Waals surface area (Å²) in [7, 11) is 2.48. The maximum Gasteiger partial charge on any atom is 0.317 e. The Balaban J connectivity index is 0.000000659. The highest BCUT2D eigenvalue weighted by atomic mass is 31.0. The van der Waals surface area contributed by atoms with Crippen LogP contribution in [0.5, 0.6) is 0 Å². The Morgan fingerprint density at radius 2 is 1.94 bits per heavy atom. The highest BCUT2D eigenvalue weighted by molar-refractivity contribution is 7.14. The molecule has 3 N–H and O–H groups in total. The molecule has 7 heteroatoms. The van der Waals surface area contributed by atoms with Crippen LogP contribution < -0.4 is 11.1 Å². The first kappa shape index (κ1) is 16.3. The molecule has 2 rings (SSSR count). The second kappa shape index (κ2) is 8.42. The van der Waals surface area contributed by atoms with E-state index < -0.39 is 6.03 Å². The molecule has 6 nitrogen and oxygen atoms in total. The van der Waals surface area contributed by atoms with Crippen LogP contribution in [-0.2, 0) is 0 Å². The summed E-state index contributed by atoms with van der Waals surface area (Å²) in [6, 6.07) is 1.16. The average molecular weight is 269 g/mol. The number of nitrogens with two attached hydrogens (primary N) is 1. The van der Waals surface area contributed by atoms with E-state index in [1.807, 2.05) is 27.7 Å². The molecule has 2 heterocycles. The molecule has 1 unspecified atom stereocenters. The van der Waals surface area contributed by atoms with Gasteiger partial charge in [-0.05, 0) is 15.5 Å². The van der Waals surface area contributed by atoms with Crippen LogP contribution in [0.3, 0.4) is 0 Å². The molecule has 100 valence electrons. The van der Waals surface area contributed by atoms with E-state index in [0.29, 0.717) is 11.5 Å². The summed E-state index contributed by atoms with van der Waals surface area (Å²) in [5.41, 5.74) is 5.72. The zero-order valence-corrected chi connectivity index (χ0v) is 12.3. The van der Waals surface area contributed by atoms with Crippen LogP contribution in [-0.4, -0.2) is 20.3 Å². The summed E-state index contributed by atoms with van der Waals surface area (Å²) in [5.74, 6) is 0.420. The highest BCUT2D eigenvalue weighted by Crippen LogP contribution is 2.21. The summed E-state index contributed by atoms with van der Waals surface area (Å²) in [4.78, 5) is 18.6. The zero-order chi connectivity index (χ0) is 14.1. The van der Waals surface area contributed by atoms with E-state index in [4.69, 9.17) is 5.73 Å². The number of fused-ring (bicyclic) bond motifs is 1. The maximum atomic E-state index is 10.7. The van der Waals surface area contributed by atoms with E-state index in [9.17, 15) is 4.79 Å². The first-order valence-corrected chi connectivity index (χ1v) is 6.33. The van der Waals surface area contributed by atoms with Gasteiger partial charge in [-0.1, -0.05) is 27.7 Å². The molecule has 0 saturated heterocycles. The van der Waals surface area contributed by atoms with Gasteiger partial charge in [0.1, 0.15) is 17.8 Å². The van der Waals surface area contributed by atoms with E-state index in [1.165, 1.54) is 6.33 Å². The maximum absolute atomic E-state index is 10.7. The molecule has 0 bridgehead atoms. The van der Waals surface area contributed by atoms with E-state index >= 15 is 0 Å². The number of hydrogen-bond donors (Lipinski definition) is 2. The van der Waals surface area contributed by atoms with Crippen molar-refractivity contribution in [1.29, 1.82) is 0 Å². The van der Waals surface area contributed by atoms with Gasteiger partial charge in [0.05, 0.1) is 5.39 Å². The third-order valence-electron chi connectivity index (χ3n) is 1.75. The van der Waals surface area contributed by atoms with E-state index in [2.05, 4.69) is 24.7 Å². The second-order valence-electron chi connectivity index (χ2n) is 2.67. The predicted molar refractivity (Wildman–Crippen MR) is 78.5 cm³/mol. The normalized spacial score (nSPS) is 8.72. The number of aromatic nitrogens is 3. The largest absolute Gasteiger partial charge is 0.351 e. The van der Waals surface area contributed by atoms with E-state index in [0.717, 1.165) is 5.39 Å². The van der Waals surface area contributed by atoms with Gasteiger partial charge in [-0.2, -0.15) is 0 Å². The molecular formula is C11H20N5OP. The van der Waals surface area contributed by atoms with Crippen LogP contribution in [0.4, 0.5) is 10.6 Å². The minimum absolute atomic E-state index is 0.420. The predicted octanol–water partition coefficient (Wildman–Crippen LogP) is 2.61. The molecule has 0 fully saturated rings. The number of carbonyl (C=O) groups is 1. The summed E-state index contributed by atoms with van der Waals surface area (Å²) in [6.07, 6.45) is 3.17. The molecular weight excluding hydrogens is 249 g/mol. The Hall–Kier alpha value is -1.68. The SMILES string of the molecule is CC.CC.NC(=O)Nc1ncnc2c1ccn2P. The van der Waals surface area contributed by atoms with Crippen molar-refractivity contribution in [2.45, 2.75) is 27.7 Å². The fourth-order valence-electron chi connectivity index (χ4n) is 1.19. The van der Waals surface area contributed by atoms with Crippen LogP contribution in [0.1, 0.15) is 27.7 Å². The van der Waals surface area contributed by atoms with Gasteiger partial charge in [0.15, 0.2) is 0 Å². The number of primary amides is 1. The lowest BCUT2D eigenvalue weighted by Gasteiger charge is -2.01. The number of anilines is 1.